The molecule has 212 valence electrons. The van der Waals surface area contributed by atoms with Gasteiger partial charge in [-0.1, -0.05) is 63.8 Å². The SMILES string of the molecule is CCC[C@H]1CC[C@H](c2ccc(C(=O)OCC(C)OC(=O)c3ccc([C@H]4CC[C@H](CCC)CC4)cc3)cc2)CC1. The van der Waals surface area contributed by atoms with Crippen LogP contribution < -0.4 is 0 Å². The standard InChI is InChI=1S/C35H48O4/c1-4-6-26-8-12-28(13-9-26)30-16-20-32(21-17-30)34(36)38-24-25(3)39-35(37)33-22-18-31(19-23-33)29-14-10-27(7-5-2)11-15-29/h16-23,25-29H,4-15,24H2,1-3H3/t25?,26-,27-,28-,29-. The molecule has 0 radical (unpaired) electrons. The first-order valence-corrected chi connectivity index (χ1v) is 15.5. The van der Waals surface area contributed by atoms with Gasteiger partial charge in [-0.2, -0.15) is 0 Å². The summed E-state index contributed by atoms with van der Waals surface area (Å²) in [4.78, 5) is 25.2. The third kappa shape index (κ3) is 8.43. The average molecular weight is 533 g/mol. The maximum atomic E-state index is 12.7. The van der Waals surface area contributed by atoms with E-state index < -0.39 is 6.10 Å². The van der Waals surface area contributed by atoms with Gasteiger partial charge in [0.15, 0.2) is 0 Å². The molecule has 4 nitrogen and oxygen atoms in total. The lowest BCUT2D eigenvalue weighted by Crippen LogP contribution is -2.22. The van der Waals surface area contributed by atoms with Crippen molar-refractivity contribution in [1.82, 2.24) is 0 Å². The summed E-state index contributed by atoms with van der Waals surface area (Å²) in [6, 6.07) is 15.8. The van der Waals surface area contributed by atoms with Crippen LogP contribution in [0.1, 0.15) is 141 Å². The van der Waals surface area contributed by atoms with Crippen LogP contribution in [-0.2, 0) is 9.47 Å². The molecule has 4 rings (SSSR count). The highest BCUT2D eigenvalue weighted by atomic mass is 16.6. The fourth-order valence-corrected chi connectivity index (χ4v) is 6.73. The largest absolute Gasteiger partial charge is 0.458 e. The van der Waals surface area contributed by atoms with E-state index in [1.807, 2.05) is 24.3 Å². The number of hydrogen-bond acceptors (Lipinski definition) is 4. The molecular formula is C35H48O4. The van der Waals surface area contributed by atoms with Gasteiger partial charge in [0, 0.05) is 0 Å². The lowest BCUT2D eigenvalue weighted by molar-refractivity contribution is 0.00447. The Morgan fingerprint density at radius 3 is 1.49 bits per heavy atom. The van der Waals surface area contributed by atoms with Crippen LogP contribution in [0.25, 0.3) is 0 Å². The van der Waals surface area contributed by atoms with Crippen molar-refractivity contribution in [3.63, 3.8) is 0 Å². The molecule has 0 spiro atoms. The van der Waals surface area contributed by atoms with E-state index >= 15 is 0 Å². The van der Waals surface area contributed by atoms with Crippen molar-refractivity contribution in [2.24, 2.45) is 11.8 Å². The van der Waals surface area contributed by atoms with E-state index in [2.05, 4.69) is 38.1 Å². The van der Waals surface area contributed by atoms with Crippen LogP contribution in [0.15, 0.2) is 48.5 Å². The highest BCUT2D eigenvalue weighted by Gasteiger charge is 2.24. The van der Waals surface area contributed by atoms with Crippen LogP contribution in [0.2, 0.25) is 0 Å². The predicted octanol–water partition coefficient (Wildman–Crippen LogP) is 9.24. The molecule has 39 heavy (non-hydrogen) atoms. The van der Waals surface area contributed by atoms with Gasteiger partial charge in [-0.15, -0.1) is 0 Å². The quantitative estimate of drug-likeness (QED) is 0.271. The first kappa shape index (κ1) is 29.4. The molecule has 0 bridgehead atoms. The van der Waals surface area contributed by atoms with E-state index in [9.17, 15) is 9.59 Å². The van der Waals surface area contributed by atoms with Crippen molar-refractivity contribution in [2.45, 2.75) is 116 Å². The Morgan fingerprint density at radius 2 is 1.08 bits per heavy atom. The van der Waals surface area contributed by atoms with E-state index in [0.717, 1.165) is 11.8 Å². The molecule has 2 aliphatic rings. The van der Waals surface area contributed by atoms with Crippen molar-refractivity contribution in [3.8, 4) is 0 Å². The highest BCUT2D eigenvalue weighted by molar-refractivity contribution is 5.90. The second kappa shape index (κ2) is 14.7. The van der Waals surface area contributed by atoms with E-state index in [4.69, 9.17) is 9.47 Å². The smallest absolute Gasteiger partial charge is 0.338 e. The van der Waals surface area contributed by atoms with Gasteiger partial charge in [0.25, 0.3) is 0 Å². The summed E-state index contributed by atoms with van der Waals surface area (Å²) in [5, 5.41) is 0. The zero-order chi connectivity index (χ0) is 27.6. The first-order valence-electron chi connectivity index (χ1n) is 15.5. The van der Waals surface area contributed by atoms with Crippen LogP contribution >= 0.6 is 0 Å². The van der Waals surface area contributed by atoms with Gasteiger partial charge in [0.1, 0.15) is 12.7 Å². The number of hydrogen-bond donors (Lipinski definition) is 0. The van der Waals surface area contributed by atoms with Crippen LogP contribution in [-0.4, -0.2) is 24.6 Å². The molecule has 2 fully saturated rings. The molecule has 0 amide bonds. The minimum Gasteiger partial charge on any atom is -0.458 e. The maximum Gasteiger partial charge on any atom is 0.338 e. The average Bonchev–Trinajstić information content (AvgIpc) is 2.97. The van der Waals surface area contributed by atoms with Crippen molar-refractivity contribution in [1.29, 1.82) is 0 Å². The second-order valence-electron chi connectivity index (χ2n) is 12.1. The van der Waals surface area contributed by atoms with E-state index in [1.54, 1.807) is 6.92 Å². The zero-order valence-electron chi connectivity index (χ0n) is 24.3. The van der Waals surface area contributed by atoms with Crippen molar-refractivity contribution in [3.05, 3.63) is 70.8 Å². The molecule has 0 heterocycles. The Labute approximate surface area is 235 Å². The minimum absolute atomic E-state index is 0.0346. The van der Waals surface area contributed by atoms with Gasteiger partial charge in [-0.25, -0.2) is 9.59 Å². The molecule has 2 aromatic carbocycles. The summed E-state index contributed by atoms with van der Waals surface area (Å²) >= 11 is 0. The molecule has 1 unspecified atom stereocenters. The molecule has 0 aliphatic heterocycles. The summed E-state index contributed by atoms with van der Waals surface area (Å²) in [5.74, 6) is 2.20. The fourth-order valence-electron chi connectivity index (χ4n) is 6.73. The minimum atomic E-state index is -0.521. The van der Waals surface area contributed by atoms with Crippen molar-refractivity contribution in [2.75, 3.05) is 6.61 Å². The number of ether oxygens (including phenoxy) is 2. The molecule has 2 aliphatic carbocycles. The summed E-state index contributed by atoms with van der Waals surface area (Å²) in [5.41, 5.74) is 3.71. The molecule has 0 aromatic heterocycles. The van der Waals surface area contributed by atoms with Gasteiger partial charge in [-0.3, -0.25) is 0 Å². The van der Waals surface area contributed by atoms with E-state index in [-0.39, 0.29) is 18.5 Å². The number of carbonyl (C=O) groups excluding carboxylic acids is 2. The fraction of sp³-hybridized carbons (Fsp3) is 0.600. The Morgan fingerprint density at radius 1 is 0.667 bits per heavy atom. The Balaban J connectivity index is 1.19. The van der Waals surface area contributed by atoms with Gasteiger partial charge in [0.2, 0.25) is 0 Å². The third-order valence-corrected chi connectivity index (χ3v) is 9.08. The molecule has 2 saturated carbocycles. The summed E-state index contributed by atoms with van der Waals surface area (Å²) in [6.45, 7) is 6.33. The van der Waals surface area contributed by atoms with Gasteiger partial charge in [0.05, 0.1) is 11.1 Å². The van der Waals surface area contributed by atoms with Crippen molar-refractivity contribution < 1.29 is 19.1 Å². The normalized spacial score (nSPS) is 24.1. The first-order chi connectivity index (χ1) is 19.0. The summed E-state index contributed by atoms with van der Waals surface area (Å²) < 4.78 is 11.0. The van der Waals surface area contributed by atoms with Gasteiger partial charge in [-0.05, 0) is 117 Å². The van der Waals surface area contributed by atoms with Crippen LogP contribution in [0, 0.1) is 11.8 Å². The van der Waals surface area contributed by atoms with Crippen LogP contribution in [0.3, 0.4) is 0 Å². The molecular weight excluding hydrogens is 484 g/mol. The Hall–Kier alpha value is -2.62. The monoisotopic (exact) mass is 532 g/mol. The van der Waals surface area contributed by atoms with E-state index in [0.29, 0.717) is 23.0 Å². The van der Waals surface area contributed by atoms with Gasteiger partial charge < -0.3 is 9.47 Å². The second-order valence-corrected chi connectivity index (χ2v) is 12.1. The zero-order valence-corrected chi connectivity index (χ0v) is 24.3. The van der Waals surface area contributed by atoms with Crippen molar-refractivity contribution >= 4 is 11.9 Å². The van der Waals surface area contributed by atoms with Crippen LogP contribution in [0.5, 0.6) is 0 Å². The lowest BCUT2D eigenvalue weighted by Gasteiger charge is -2.28. The third-order valence-electron chi connectivity index (χ3n) is 9.08. The maximum absolute atomic E-state index is 12.7. The topological polar surface area (TPSA) is 52.6 Å². The highest BCUT2D eigenvalue weighted by Crippen LogP contribution is 2.38. The molecule has 1 atom stereocenters. The number of esters is 2. The molecule has 4 heteroatoms. The Kier molecular flexibility index (Phi) is 11.1. The molecule has 0 saturated heterocycles. The number of benzene rings is 2. The van der Waals surface area contributed by atoms with Gasteiger partial charge >= 0.3 is 11.9 Å². The number of carbonyl (C=O) groups is 2. The summed E-state index contributed by atoms with van der Waals surface area (Å²) in [7, 11) is 0. The number of rotatable bonds is 11. The summed E-state index contributed by atoms with van der Waals surface area (Å²) in [6.07, 6.45) is 14.9. The van der Waals surface area contributed by atoms with Crippen LogP contribution in [0.4, 0.5) is 0 Å². The molecule has 2 aromatic rings. The predicted molar refractivity (Wildman–Crippen MR) is 157 cm³/mol. The lowest BCUT2D eigenvalue weighted by atomic mass is 9.77. The van der Waals surface area contributed by atoms with E-state index in [1.165, 1.54) is 88.2 Å². The Bertz CT molecular complexity index is 1030. The molecule has 0 N–H and O–H groups in total.